The van der Waals surface area contributed by atoms with E-state index in [1.54, 1.807) is 18.5 Å². The minimum Gasteiger partial charge on any atom is -0.327 e. The maximum Gasteiger partial charge on any atom is 0.200 e. The third-order valence-corrected chi connectivity index (χ3v) is 3.07. The zero-order valence-corrected chi connectivity index (χ0v) is 11.7. The second kappa shape index (κ2) is 5.91. The van der Waals surface area contributed by atoms with E-state index in [1.165, 1.54) is 0 Å². The van der Waals surface area contributed by atoms with Crippen LogP contribution in [-0.4, -0.2) is 20.3 Å². The van der Waals surface area contributed by atoms with Crippen LogP contribution < -0.4 is 0 Å². The van der Waals surface area contributed by atoms with E-state index in [9.17, 15) is 4.79 Å². The third-order valence-electron chi connectivity index (χ3n) is 2.60. The number of aryl methyl sites for hydroxylation is 1. The number of hydrogen-bond donors (Lipinski definition) is 0. The van der Waals surface area contributed by atoms with E-state index in [2.05, 4.69) is 32.8 Å². The van der Waals surface area contributed by atoms with Crippen molar-refractivity contribution in [2.24, 2.45) is 0 Å². The standard InChI is InChI=1S/C13H14BrN3O/c1-2-3-13-15-6-7-17(13)9-12(18)11-5-4-10(14)8-16-11/h4-8H,2-3,9H2,1H3. The first-order chi connectivity index (χ1) is 8.70. The fourth-order valence-electron chi connectivity index (χ4n) is 1.71. The first kappa shape index (κ1) is 13.0. The topological polar surface area (TPSA) is 47.8 Å². The van der Waals surface area contributed by atoms with Crippen LogP contribution in [0.2, 0.25) is 0 Å². The van der Waals surface area contributed by atoms with Gasteiger partial charge in [0.1, 0.15) is 11.5 Å². The van der Waals surface area contributed by atoms with Gasteiger partial charge in [0, 0.05) is 29.5 Å². The fraction of sp³-hybridized carbons (Fsp3) is 0.308. The van der Waals surface area contributed by atoms with Crippen LogP contribution >= 0.6 is 15.9 Å². The molecule has 0 aromatic carbocycles. The lowest BCUT2D eigenvalue weighted by Gasteiger charge is -2.06. The van der Waals surface area contributed by atoms with Gasteiger partial charge in [-0.2, -0.15) is 0 Å². The summed E-state index contributed by atoms with van der Waals surface area (Å²) in [6.07, 6.45) is 7.10. The molecule has 0 saturated heterocycles. The van der Waals surface area contributed by atoms with E-state index in [-0.39, 0.29) is 5.78 Å². The van der Waals surface area contributed by atoms with Gasteiger partial charge in [-0.1, -0.05) is 6.92 Å². The Balaban J connectivity index is 2.11. The highest BCUT2D eigenvalue weighted by Gasteiger charge is 2.10. The summed E-state index contributed by atoms with van der Waals surface area (Å²) in [4.78, 5) is 20.4. The van der Waals surface area contributed by atoms with E-state index in [0.717, 1.165) is 23.1 Å². The van der Waals surface area contributed by atoms with Crippen molar-refractivity contribution in [3.05, 3.63) is 46.7 Å². The first-order valence-electron chi connectivity index (χ1n) is 5.85. The van der Waals surface area contributed by atoms with Gasteiger partial charge in [-0.05, 0) is 34.5 Å². The van der Waals surface area contributed by atoms with Gasteiger partial charge in [0.05, 0.1) is 6.54 Å². The number of hydrogen-bond acceptors (Lipinski definition) is 3. The molecule has 2 aromatic heterocycles. The van der Waals surface area contributed by atoms with Crippen LogP contribution in [0.3, 0.4) is 0 Å². The predicted molar refractivity (Wildman–Crippen MR) is 72.5 cm³/mol. The number of pyridine rings is 1. The highest BCUT2D eigenvalue weighted by atomic mass is 79.9. The first-order valence-corrected chi connectivity index (χ1v) is 6.64. The Morgan fingerprint density at radius 3 is 2.89 bits per heavy atom. The van der Waals surface area contributed by atoms with Crippen molar-refractivity contribution in [1.82, 2.24) is 14.5 Å². The van der Waals surface area contributed by atoms with Crippen molar-refractivity contribution >= 4 is 21.7 Å². The van der Waals surface area contributed by atoms with Crippen LogP contribution in [0, 0.1) is 0 Å². The van der Waals surface area contributed by atoms with Gasteiger partial charge in [-0.25, -0.2) is 4.98 Å². The average Bonchev–Trinajstić information content (AvgIpc) is 2.78. The Hall–Kier alpha value is -1.49. The summed E-state index contributed by atoms with van der Waals surface area (Å²) < 4.78 is 2.75. The Morgan fingerprint density at radius 1 is 1.39 bits per heavy atom. The molecule has 2 heterocycles. The van der Waals surface area contributed by atoms with Crippen LogP contribution in [0.5, 0.6) is 0 Å². The molecular formula is C13H14BrN3O. The van der Waals surface area contributed by atoms with Crippen molar-refractivity contribution in [3.8, 4) is 0 Å². The summed E-state index contributed by atoms with van der Waals surface area (Å²) in [5.74, 6) is 0.945. The molecule has 0 fully saturated rings. The van der Waals surface area contributed by atoms with Crippen molar-refractivity contribution in [1.29, 1.82) is 0 Å². The Bertz CT molecular complexity index is 533. The van der Waals surface area contributed by atoms with E-state index in [4.69, 9.17) is 0 Å². The Kier molecular flexibility index (Phi) is 4.25. The van der Waals surface area contributed by atoms with Crippen LogP contribution in [0.15, 0.2) is 35.2 Å². The number of carbonyl (C=O) groups is 1. The molecule has 0 bridgehead atoms. The van der Waals surface area contributed by atoms with E-state index in [0.29, 0.717) is 12.2 Å². The maximum absolute atomic E-state index is 12.1. The molecule has 0 radical (unpaired) electrons. The Morgan fingerprint density at radius 2 is 2.22 bits per heavy atom. The van der Waals surface area contributed by atoms with Crippen LogP contribution in [0.4, 0.5) is 0 Å². The number of aromatic nitrogens is 3. The summed E-state index contributed by atoms with van der Waals surface area (Å²) in [5.41, 5.74) is 0.481. The molecule has 0 spiro atoms. The van der Waals surface area contributed by atoms with E-state index < -0.39 is 0 Å². The summed E-state index contributed by atoms with van der Waals surface area (Å²) in [6, 6.07) is 3.55. The van der Waals surface area contributed by atoms with Crippen LogP contribution in [-0.2, 0) is 13.0 Å². The Labute approximate surface area is 114 Å². The van der Waals surface area contributed by atoms with Gasteiger partial charge < -0.3 is 4.57 Å². The molecule has 2 rings (SSSR count). The quantitative estimate of drug-likeness (QED) is 0.798. The number of ketones is 1. The zero-order valence-electron chi connectivity index (χ0n) is 10.1. The number of rotatable bonds is 5. The van der Waals surface area contributed by atoms with Crippen molar-refractivity contribution in [2.75, 3.05) is 0 Å². The largest absolute Gasteiger partial charge is 0.327 e. The molecule has 5 heteroatoms. The lowest BCUT2D eigenvalue weighted by Crippen LogP contribution is -2.13. The molecule has 18 heavy (non-hydrogen) atoms. The summed E-state index contributed by atoms with van der Waals surface area (Å²) >= 11 is 3.30. The normalized spacial score (nSPS) is 10.6. The summed E-state index contributed by atoms with van der Waals surface area (Å²) in [5, 5.41) is 0. The van der Waals surface area contributed by atoms with Crippen molar-refractivity contribution in [2.45, 2.75) is 26.3 Å². The number of Topliss-reactive ketones (excluding diaryl/α,β-unsaturated/α-hetero) is 1. The maximum atomic E-state index is 12.1. The zero-order chi connectivity index (χ0) is 13.0. The molecule has 0 amide bonds. The van der Waals surface area contributed by atoms with Crippen molar-refractivity contribution < 1.29 is 4.79 Å². The molecule has 0 aliphatic carbocycles. The SMILES string of the molecule is CCCc1nccn1CC(=O)c1ccc(Br)cn1. The van der Waals surface area contributed by atoms with Gasteiger partial charge >= 0.3 is 0 Å². The van der Waals surface area contributed by atoms with Crippen LogP contribution in [0.25, 0.3) is 0 Å². The monoisotopic (exact) mass is 307 g/mol. The lowest BCUT2D eigenvalue weighted by molar-refractivity contribution is 0.0966. The number of nitrogens with zero attached hydrogens (tertiary/aromatic N) is 3. The highest BCUT2D eigenvalue weighted by Crippen LogP contribution is 2.09. The third kappa shape index (κ3) is 3.04. The minimum absolute atomic E-state index is 0.00199. The number of halogens is 1. The van der Waals surface area contributed by atoms with Gasteiger partial charge in [-0.3, -0.25) is 9.78 Å². The average molecular weight is 308 g/mol. The van der Waals surface area contributed by atoms with Gasteiger partial charge in [0.2, 0.25) is 5.78 Å². The van der Waals surface area contributed by atoms with E-state index in [1.807, 2.05) is 16.8 Å². The number of carbonyl (C=O) groups excluding carboxylic acids is 1. The smallest absolute Gasteiger partial charge is 0.200 e. The highest BCUT2D eigenvalue weighted by molar-refractivity contribution is 9.10. The molecule has 0 N–H and O–H groups in total. The molecule has 4 nitrogen and oxygen atoms in total. The van der Waals surface area contributed by atoms with E-state index >= 15 is 0 Å². The van der Waals surface area contributed by atoms with Gasteiger partial charge in [0.25, 0.3) is 0 Å². The molecule has 0 atom stereocenters. The molecule has 94 valence electrons. The van der Waals surface area contributed by atoms with Crippen molar-refractivity contribution in [3.63, 3.8) is 0 Å². The molecule has 0 saturated carbocycles. The van der Waals surface area contributed by atoms with Gasteiger partial charge in [0.15, 0.2) is 0 Å². The van der Waals surface area contributed by atoms with Gasteiger partial charge in [-0.15, -0.1) is 0 Å². The molecular weight excluding hydrogens is 294 g/mol. The molecule has 0 aliphatic rings. The second-order valence-electron chi connectivity index (χ2n) is 4.01. The molecule has 0 unspecified atom stereocenters. The van der Waals surface area contributed by atoms with Crippen LogP contribution in [0.1, 0.15) is 29.7 Å². The second-order valence-corrected chi connectivity index (χ2v) is 4.92. The summed E-state index contributed by atoms with van der Waals surface area (Å²) in [6.45, 7) is 2.39. The minimum atomic E-state index is -0.00199. The molecule has 2 aromatic rings. The number of imidazole rings is 1. The lowest BCUT2D eigenvalue weighted by atomic mass is 10.2. The molecule has 0 aliphatic heterocycles. The fourth-order valence-corrected chi connectivity index (χ4v) is 1.95. The summed E-state index contributed by atoms with van der Waals surface area (Å²) in [7, 11) is 0. The predicted octanol–water partition coefficient (Wildman–Crippen LogP) is 2.88.